The van der Waals surface area contributed by atoms with E-state index in [0.717, 1.165) is 5.56 Å². The molecule has 0 bridgehead atoms. The highest BCUT2D eigenvalue weighted by Gasteiger charge is 2.25. The molecular formula is C19H21N3O5S2. The van der Waals surface area contributed by atoms with Crippen LogP contribution in [0.15, 0.2) is 53.7 Å². The highest BCUT2D eigenvalue weighted by Crippen LogP contribution is 2.18. The van der Waals surface area contributed by atoms with E-state index in [4.69, 9.17) is 9.94 Å². The Morgan fingerprint density at radius 1 is 1.31 bits per heavy atom. The lowest BCUT2D eigenvalue weighted by Gasteiger charge is -2.17. The summed E-state index contributed by atoms with van der Waals surface area (Å²) in [5, 5.41) is 8.95. The van der Waals surface area contributed by atoms with Gasteiger partial charge in [0.25, 0.3) is 5.91 Å². The fraction of sp³-hybridized carbons (Fsp3) is 0.263. The summed E-state index contributed by atoms with van der Waals surface area (Å²) >= 11 is 1.34. The van der Waals surface area contributed by atoms with E-state index in [2.05, 4.69) is 21.5 Å². The van der Waals surface area contributed by atoms with Gasteiger partial charge in [-0.15, -0.1) is 5.92 Å². The number of aromatic nitrogens is 1. The molecule has 154 valence electrons. The first-order chi connectivity index (χ1) is 14.0. The average Bonchev–Trinajstić information content (AvgIpc) is 2.73. The predicted molar refractivity (Wildman–Crippen MR) is 110 cm³/mol. The number of hydrogen-bond acceptors (Lipinski definition) is 7. The van der Waals surface area contributed by atoms with E-state index in [9.17, 15) is 13.2 Å². The lowest BCUT2D eigenvalue weighted by atomic mass is 10.3. The minimum absolute atomic E-state index is 0.0283. The molecule has 1 aromatic heterocycles. The summed E-state index contributed by atoms with van der Waals surface area (Å²) in [6.45, 7) is 1.90. The molecule has 1 atom stereocenters. The summed E-state index contributed by atoms with van der Waals surface area (Å²) < 4.78 is 32.9. The highest BCUT2D eigenvalue weighted by atomic mass is 32.2. The number of benzene rings is 1. The van der Waals surface area contributed by atoms with Crippen molar-refractivity contribution in [3.05, 3.63) is 54.4 Å². The van der Waals surface area contributed by atoms with Crippen LogP contribution in [0.4, 0.5) is 0 Å². The molecule has 2 rings (SSSR count). The minimum atomic E-state index is -3.98. The average molecular weight is 436 g/mol. The van der Waals surface area contributed by atoms with Gasteiger partial charge in [0.15, 0.2) is 0 Å². The van der Waals surface area contributed by atoms with Crippen LogP contribution in [-0.4, -0.2) is 42.9 Å². The third kappa shape index (κ3) is 7.40. The van der Waals surface area contributed by atoms with E-state index in [0.29, 0.717) is 11.5 Å². The van der Waals surface area contributed by atoms with Crippen molar-refractivity contribution in [2.45, 2.75) is 23.6 Å². The van der Waals surface area contributed by atoms with Crippen molar-refractivity contribution in [2.24, 2.45) is 0 Å². The van der Waals surface area contributed by atoms with E-state index < -0.39 is 22.0 Å². The largest absolute Gasteiger partial charge is 0.481 e. The van der Waals surface area contributed by atoms with Gasteiger partial charge in [0, 0.05) is 23.9 Å². The van der Waals surface area contributed by atoms with E-state index >= 15 is 0 Å². The van der Waals surface area contributed by atoms with Crippen LogP contribution < -0.4 is 14.9 Å². The zero-order valence-corrected chi connectivity index (χ0v) is 17.3. The van der Waals surface area contributed by atoms with E-state index in [-0.39, 0.29) is 17.3 Å². The fourth-order valence-corrected chi connectivity index (χ4v) is 4.48. The number of carbonyl (C=O) groups excluding carboxylic acids is 1. The van der Waals surface area contributed by atoms with Crippen LogP contribution in [0.5, 0.6) is 5.75 Å². The monoisotopic (exact) mass is 435 g/mol. The zero-order valence-electron chi connectivity index (χ0n) is 15.7. The standard InChI is InChI=1S/C19H21N3O5S2/c1-2-3-11-27-16-6-8-17(9-7-16)29(25,26)22-18(19(23)21-24)14-28-13-15-5-4-10-20-12-15/h4-10,12,18,22,24H,11,13-14H2,1H3,(H,21,23)/t18-/m1/s1. The summed E-state index contributed by atoms with van der Waals surface area (Å²) in [5.74, 6) is 5.73. The SMILES string of the molecule is CC#CCOc1ccc(S(=O)(=O)N[C@H](CSCc2cccnc2)C(=O)NO)cc1. The van der Waals surface area contributed by atoms with Crippen LogP contribution in [0.1, 0.15) is 12.5 Å². The third-order valence-corrected chi connectivity index (χ3v) is 6.22. The lowest BCUT2D eigenvalue weighted by Crippen LogP contribution is -2.47. The molecule has 0 unspecified atom stereocenters. The Hall–Kier alpha value is -2.58. The van der Waals surface area contributed by atoms with E-state index in [1.165, 1.54) is 41.5 Å². The second-order valence-electron chi connectivity index (χ2n) is 5.71. The molecule has 1 aromatic carbocycles. The molecule has 2 aromatic rings. The van der Waals surface area contributed by atoms with Gasteiger partial charge in [-0.05, 0) is 42.8 Å². The molecule has 0 radical (unpaired) electrons. The number of rotatable bonds is 10. The van der Waals surface area contributed by atoms with Crippen molar-refractivity contribution in [3.8, 4) is 17.6 Å². The molecule has 1 amide bonds. The Bertz CT molecular complexity index is 955. The van der Waals surface area contributed by atoms with Gasteiger partial charge < -0.3 is 4.74 Å². The van der Waals surface area contributed by atoms with Crippen molar-refractivity contribution in [1.82, 2.24) is 15.2 Å². The van der Waals surface area contributed by atoms with Crippen LogP contribution in [0.25, 0.3) is 0 Å². The Morgan fingerprint density at radius 2 is 2.07 bits per heavy atom. The number of thioether (sulfide) groups is 1. The fourth-order valence-electron chi connectivity index (χ4n) is 2.18. The first-order valence-electron chi connectivity index (χ1n) is 8.51. The van der Waals surface area contributed by atoms with Gasteiger partial charge in [-0.3, -0.25) is 15.0 Å². The molecule has 0 aliphatic heterocycles. The highest BCUT2D eigenvalue weighted by molar-refractivity contribution is 7.98. The quantitative estimate of drug-likeness (QED) is 0.295. The molecule has 0 fully saturated rings. The molecular weight excluding hydrogens is 414 g/mol. The maximum absolute atomic E-state index is 12.6. The van der Waals surface area contributed by atoms with Crippen molar-refractivity contribution >= 4 is 27.7 Å². The third-order valence-electron chi connectivity index (χ3n) is 3.62. The summed E-state index contributed by atoms with van der Waals surface area (Å²) in [5.41, 5.74) is 2.44. The normalized spacial score (nSPS) is 11.8. The van der Waals surface area contributed by atoms with Crippen molar-refractivity contribution in [3.63, 3.8) is 0 Å². The summed E-state index contributed by atoms with van der Waals surface area (Å²) in [6.07, 6.45) is 3.34. The maximum Gasteiger partial charge on any atom is 0.262 e. The van der Waals surface area contributed by atoms with Crippen molar-refractivity contribution in [2.75, 3.05) is 12.4 Å². The van der Waals surface area contributed by atoms with Crippen LogP contribution in [-0.2, 0) is 20.6 Å². The molecule has 8 nitrogen and oxygen atoms in total. The van der Waals surface area contributed by atoms with Crippen molar-refractivity contribution in [1.29, 1.82) is 0 Å². The Kier molecular flexibility index (Phi) is 8.95. The lowest BCUT2D eigenvalue weighted by molar-refractivity contribution is -0.130. The first-order valence-corrected chi connectivity index (χ1v) is 11.2. The molecule has 0 saturated carbocycles. The molecule has 0 spiro atoms. The number of sulfonamides is 1. The van der Waals surface area contributed by atoms with Crippen LogP contribution in [0, 0.1) is 11.8 Å². The second kappa shape index (κ2) is 11.4. The molecule has 1 heterocycles. The molecule has 3 N–H and O–H groups in total. The molecule has 0 saturated heterocycles. The van der Waals surface area contributed by atoms with Gasteiger partial charge >= 0.3 is 0 Å². The number of pyridine rings is 1. The zero-order chi connectivity index (χ0) is 21.1. The number of nitrogens with one attached hydrogen (secondary N) is 2. The van der Waals surface area contributed by atoms with Crippen LogP contribution in [0.2, 0.25) is 0 Å². The Morgan fingerprint density at radius 3 is 2.69 bits per heavy atom. The van der Waals surface area contributed by atoms with Gasteiger partial charge in [-0.25, -0.2) is 13.9 Å². The minimum Gasteiger partial charge on any atom is -0.481 e. The molecule has 29 heavy (non-hydrogen) atoms. The predicted octanol–water partition coefficient (Wildman–Crippen LogP) is 1.57. The number of hydroxylamine groups is 1. The van der Waals surface area contributed by atoms with Gasteiger partial charge in [-0.2, -0.15) is 16.5 Å². The summed E-state index contributed by atoms with van der Waals surface area (Å²) in [7, 11) is -3.98. The van der Waals surface area contributed by atoms with Gasteiger partial charge in [0.2, 0.25) is 10.0 Å². The van der Waals surface area contributed by atoms with Gasteiger partial charge in [0.05, 0.1) is 4.90 Å². The number of ether oxygens (including phenoxy) is 1. The number of hydrogen-bond donors (Lipinski definition) is 3. The second-order valence-corrected chi connectivity index (χ2v) is 8.46. The number of carbonyl (C=O) groups is 1. The molecule has 0 aliphatic rings. The molecule has 10 heteroatoms. The number of amides is 1. The Balaban J connectivity index is 2.02. The molecule has 0 aliphatic carbocycles. The Labute approximate surface area is 174 Å². The van der Waals surface area contributed by atoms with E-state index in [1.54, 1.807) is 25.4 Å². The summed E-state index contributed by atoms with van der Waals surface area (Å²) in [6, 6.07) is 8.26. The maximum atomic E-state index is 12.6. The topological polar surface area (TPSA) is 118 Å². The van der Waals surface area contributed by atoms with E-state index in [1.807, 2.05) is 6.07 Å². The van der Waals surface area contributed by atoms with Gasteiger partial charge in [0.1, 0.15) is 18.4 Å². The smallest absolute Gasteiger partial charge is 0.262 e. The first kappa shape index (κ1) is 22.7. The van der Waals surface area contributed by atoms with Crippen LogP contribution >= 0.6 is 11.8 Å². The van der Waals surface area contributed by atoms with Crippen LogP contribution in [0.3, 0.4) is 0 Å². The number of nitrogens with zero attached hydrogens (tertiary/aromatic N) is 1. The van der Waals surface area contributed by atoms with Crippen molar-refractivity contribution < 1.29 is 23.2 Å². The summed E-state index contributed by atoms with van der Waals surface area (Å²) in [4.78, 5) is 15.9. The van der Waals surface area contributed by atoms with Gasteiger partial charge in [-0.1, -0.05) is 12.0 Å².